The van der Waals surface area contributed by atoms with Gasteiger partial charge in [0.2, 0.25) is 0 Å². The van der Waals surface area contributed by atoms with Crippen LogP contribution < -0.4 is 16.4 Å². The van der Waals surface area contributed by atoms with E-state index in [0.29, 0.717) is 47.9 Å². The minimum absolute atomic E-state index is 0.0509. The molecule has 4 nitrogen and oxygen atoms in total. The van der Waals surface area contributed by atoms with Crippen molar-refractivity contribution in [1.82, 2.24) is 10.6 Å². The van der Waals surface area contributed by atoms with Crippen molar-refractivity contribution < 1.29 is 17.6 Å². The zero-order chi connectivity index (χ0) is 22.6. The van der Waals surface area contributed by atoms with E-state index in [1.54, 1.807) is 12.1 Å². The summed E-state index contributed by atoms with van der Waals surface area (Å²) in [7, 11) is 0. The van der Waals surface area contributed by atoms with Crippen molar-refractivity contribution in [2.75, 3.05) is 13.1 Å². The third kappa shape index (κ3) is 5.52. The van der Waals surface area contributed by atoms with Crippen LogP contribution in [0.15, 0.2) is 65.3 Å². The monoisotopic (exact) mass is 432 g/mol. The fraction of sp³-hybridized carbons (Fsp3) is 0.261. The van der Waals surface area contributed by atoms with Crippen molar-refractivity contribution in [2.45, 2.75) is 26.1 Å². The van der Waals surface area contributed by atoms with E-state index in [-0.39, 0.29) is 12.1 Å². The van der Waals surface area contributed by atoms with Gasteiger partial charge in [0.25, 0.3) is 0 Å². The Labute approximate surface area is 178 Å². The first-order valence-corrected chi connectivity index (χ1v) is 9.77. The summed E-state index contributed by atoms with van der Waals surface area (Å²) in [6.07, 6.45) is -3.93. The van der Waals surface area contributed by atoms with Gasteiger partial charge in [-0.1, -0.05) is 30.8 Å². The first kappa shape index (κ1) is 22.6. The Morgan fingerprint density at radius 1 is 1.23 bits per heavy atom. The van der Waals surface area contributed by atoms with Crippen LogP contribution in [0, 0.1) is 12.7 Å². The zero-order valence-electron chi connectivity index (χ0n) is 17.1. The van der Waals surface area contributed by atoms with E-state index in [1.807, 2.05) is 6.92 Å². The maximum Gasteiger partial charge on any atom is 0.416 e. The molecule has 0 aliphatic carbocycles. The molecule has 3 rings (SSSR count). The summed E-state index contributed by atoms with van der Waals surface area (Å²) in [5.41, 5.74) is 8.46. The highest BCUT2D eigenvalue weighted by Crippen LogP contribution is 2.32. The van der Waals surface area contributed by atoms with E-state index in [2.05, 4.69) is 22.2 Å². The number of nitrogens with two attached hydrogens (primary N) is 1. The Hall–Kier alpha value is -3.13. The SMILES string of the molecule is C=C(NC(=NCc1ccccc1C(F)(F)F)C1=C(N)CNCC1)c1cc(F)ccc1C. The molecule has 31 heavy (non-hydrogen) atoms. The van der Waals surface area contributed by atoms with Crippen molar-refractivity contribution in [3.8, 4) is 0 Å². The highest BCUT2D eigenvalue weighted by molar-refractivity contribution is 6.03. The number of hydrogen-bond donors (Lipinski definition) is 3. The van der Waals surface area contributed by atoms with E-state index < -0.39 is 17.6 Å². The molecule has 8 heteroatoms. The average Bonchev–Trinajstić information content (AvgIpc) is 2.72. The van der Waals surface area contributed by atoms with Gasteiger partial charge < -0.3 is 16.4 Å². The molecule has 0 saturated carbocycles. The van der Waals surface area contributed by atoms with Crippen LogP contribution in [0.2, 0.25) is 0 Å². The summed E-state index contributed by atoms with van der Waals surface area (Å²) in [6.45, 7) is 6.70. The van der Waals surface area contributed by atoms with Gasteiger partial charge in [0, 0.05) is 29.1 Å². The lowest BCUT2D eigenvalue weighted by atomic mass is 10.0. The average molecular weight is 432 g/mol. The van der Waals surface area contributed by atoms with Crippen molar-refractivity contribution in [3.05, 3.63) is 88.4 Å². The van der Waals surface area contributed by atoms with Gasteiger partial charge in [-0.2, -0.15) is 13.2 Å². The van der Waals surface area contributed by atoms with Crippen LogP contribution in [0.25, 0.3) is 5.70 Å². The lowest BCUT2D eigenvalue weighted by Crippen LogP contribution is -2.35. The quantitative estimate of drug-likeness (QED) is 0.370. The standard InChI is InChI=1S/C23H24F4N4/c1-14-7-8-17(24)11-19(14)15(2)31-22(18-9-10-29-13-21(18)28)30-12-16-5-3-4-6-20(16)23(25,26)27/h3-8,11,29H,2,9-10,12-13,28H2,1H3,(H,30,31). The predicted molar refractivity (Wildman–Crippen MR) is 115 cm³/mol. The molecule has 1 heterocycles. The maximum absolute atomic E-state index is 13.7. The molecule has 0 radical (unpaired) electrons. The van der Waals surface area contributed by atoms with Crippen molar-refractivity contribution in [2.24, 2.45) is 10.7 Å². The van der Waals surface area contributed by atoms with E-state index >= 15 is 0 Å². The second-order valence-electron chi connectivity index (χ2n) is 7.31. The Balaban J connectivity index is 1.96. The van der Waals surface area contributed by atoms with E-state index in [4.69, 9.17) is 5.73 Å². The molecule has 0 amide bonds. The normalized spacial score (nSPS) is 15.2. The molecular formula is C23H24F4N4. The summed E-state index contributed by atoms with van der Waals surface area (Å²) in [6, 6.07) is 9.65. The predicted octanol–water partition coefficient (Wildman–Crippen LogP) is 4.52. The molecule has 1 aliphatic heterocycles. The second kappa shape index (κ2) is 9.34. The van der Waals surface area contributed by atoms with Crippen LogP contribution in [0.3, 0.4) is 0 Å². The number of amidine groups is 1. The van der Waals surface area contributed by atoms with Gasteiger partial charge in [-0.05, 0) is 49.2 Å². The Morgan fingerprint density at radius 2 is 1.97 bits per heavy atom. The molecule has 0 atom stereocenters. The van der Waals surface area contributed by atoms with Gasteiger partial charge in [-0.25, -0.2) is 4.39 Å². The summed E-state index contributed by atoms with van der Waals surface area (Å²) in [5, 5.41) is 6.21. The molecule has 164 valence electrons. The van der Waals surface area contributed by atoms with Crippen LogP contribution in [0.5, 0.6) is 0 Å². The highest BCUT2D eigenvalue weighted by atomic mass is 19.4. The van der Waals surface area contributed by atoms with Crippen LogP contribution in [-0.4, -0.2) is 18.9 Å². The van der Waals surface area contributed by atoms with Crippen molar-refractivity contribution >= 4 is 11.5 Å². The van der Waals surface area contributed by atoms with Gasteiger partial charge in [-0.15, -0.1) is 0 Å². The minimum Gasteiger partial charge on any atom is -0.401 e. The number of benzene rings is 2. The summed E-state index contributed by atoms with van der Waals surface area (Å²) in [4.78, 5) is 4.45. The number of rotatable bonds is 5. The molecule has 0 fully saturated rings. The second-order valence-corrected chi connectivity index (χ2v) is 7.31. The van der Waals surface area contributed by atoms with E-state index in [9.17, 15) is 17.6 Å². The molecule has 0 unspecified atom stereocenters. The number of nitrogens with zero attached hydrogens (tertiary/aromatic N) is 1. The lowest BCUT2D eigenvalue weighted by Gasteiger charge is -2.22. The molecule has 0 spiro atoms. The van der Waals surface area contributed by atoms with Gasteiger partial charge in [0.05, 0.1) is 12.1 Å². The minimum atomic E-state index is -4.48. The maximum atomic E-state index is 13.7. The number of nitrogens with one attached hydrogen (secondary N) is 2. The number of hydrogen-bond acceptors (Lipinski definition) is 3. The smallest absolute Gasteiger partial charge is 0.401 e. The Morgan fingerprint density at radius 3 is 2.68 bits per heavy atom. The summed E-state index contributed by atoms with van der Waals surface area (Å²) >= 11 is 0. The first-order chi connectivity index (χ1) is 14.7. The van der Waals surface area contributed by atoms with Gasteiger partial charge in [0.1, 0.15) is 11.7 Å². The number of halogens is 4. The van der Waals surface area contributed by atoms with Crippen LogP contribution in [0.1, 0.15) is 28.7 Å². The largest absolute Gasteiger partial charge is 0.416 e. The molecule has 0 saturated heterocycles. The Kier molecular flexibility index (Phi) is 6.80. The van der Waals surface area contributed by atoms with Crippen LogP contribution in [0.4, 0.5) is 17.6 Å². The molecule has 0 bridgehead atoms. The summed E-state index contributed by atoms with van der Waals surface area (Å²) in [5.74, 6) is -0.0774. The topological polar surface area (TPSA) is 62.4 Å². The molecule has 2 aromatic rings. The van der Waals surface area contributed by atoms with Crippen LogP contribution in [-0.2, 0) is 12.7 Å². The number of aryl methyl sites for hydroxylation is 1. The Bertz CT molecular complexity index is 1040. The first-order valence-electron chi connectivity index (χ1n) is 9.77. The zero-order valence-corrected chi connectivity index (χ0v) is 17.1. The molecule has 2 aromatic carbocycles. The van der Waals surface area contributed by atoms with Crippen LogP contribution >= 0.6 is 0 Å². The molecule has 0 aromatic heterocycles. The van der Waals surface area contributed by atoms with Gasteiger partial charge in [0.15, 0.2) is 0 Å². The highest BCUT2D eigenvalue weighted by Gasteiger charge is 2.32. The molecule has 4 N–H and O–H groups in total. The number of alkyl halides is 3. The van der Waals surface area contributed by atoms with Gasteiger partial charge >= 0.3 is 6.18 Å². The fourth-order valence-electron chi connectivity index (χ4n) is 3.41. The molecular weight excluding hydrogens is 408 g/mol. The van der Waals surface area contributed by atoms with Crippen molar-refractivity contribution in [3.63, 3.8) is 0 Å². The van der Waals surface area contributed by atoms with E-state index in [1.165, 1.54) is 24.3 Å². The third-order valence-electron chi connectivity index (χ3n) is 5.06. The lowest BCUT2D eigenvalue weighted by molar-refractivity contribution is -0.138. The summed E-state index contributed by atoms with van der Waals surface area (Å²) < 4.78 is 53.8. The molecule has 1 aliphatic rings. The van der Waals surface area contributed by atoms with E-state index in [0.717, 1.165) is 11.6 Å². The fourth-order valence-corrected chi connectivity index (χ4v) is 3.41. The number of aliphatic imine (C=N–C) groups is 1. The van der Waals surface area contributed by atoms with Crippen molar-refractivity contribution in [1.29, 1.82) is 0 Å². The van der Waals surface area contributed by atoms with Gasteiger partial charge in [-0.3, -0.25) is 4.99 Å². The third-order valence-corrected chi connectivity index (χ3v) is 5.06.